The molecule has 4 nitrogen and oxygen atoms in total. The first-order chi connectivity index (χ1) is 9.02. The van der Waals surface area contributed by atoms with Crippen LogP contribution in [0.1, 0.15) is 22.1 Å². The molecule has 4 heteroatoms. The van der Waals surface area contributed by atoms with E-state index in [0.29, 0.717) is 5.56 Å². The summed E-state index contributed by atoms with van der Waals surface area (Å²) in [6, 6.07) is 14.4. The van der Waals surface area contributed by atoms with E-state index in [-0.39, 0.29) is 11.6 Å². The number of carbonyl (C=O) groups is 2. The Balaban J connectivity index is 0.000000191. The SMILES string of the molecule is O=C(O)c1ccccc1.[2H]c1ccccc1C(=O)O. The topological polar surface area (TPSA) is 74.6 Å². The second kappa shape index (κ2) is 6.85. The fourth-order valence-corrected chi connectivity index (χ4v) is 1.11. The van der Waals surface area contributed by atoms with Crippen molar-refractivity contribution in [2.75, 3.05) is 0 Å². The van der Waals surface area contributed by atoms with Gasteiger partial charge in [-0.15, -0.1) is 0 Å². The average Bonchev–Trinajstić information content (AvgIpc) is 2.40. The van der Waals surface area contributed by atoms with Crippen LogP contribution in [0, 0.1) is 0 Å². The minimum Gasteiger partial charge on any atom is -0.478 e. The van der Waals surface area contributed by atoms with Crippen molar-refractivity contribution in [1.29, 1.82) is 0 Å². The lowest BCUT2D eigenvalue weighted by atomic mass is 10.2. The third-order valence-electron chi connectivity index (χ3n) is 1.96. The predicted octanol–water partition coefficient (Wildman–Crippen LogP) is 2.77. The Morgan fingerprint density at radius 2 is 1.22 bits per heavy atom. The minimum absolute atomic E-state index is 0.0440. The van der Waals surface area contributed by atoms with Crippen molar-refractivity contribution in [1.82, 2.24) is 0 Å². The molecule has 0 aliphatic carbocycles. The molecule has 0 unspecified atom stereocenters. The van der Waals surface area contributed by atoms with Gasteiger partial charge < -0.3 is 10.2 Å². The van der Waals surface area contributed by atoms with Crippen LogP contribution in [0.5, 0.6) is 0 Å². The van der Waals surface area contributed by atoms with Crippen molar-refractivity contribution in [2.24, 2.45) is 0 Å². The van der Waals surface area contributed by atoms with Crippen LogP contribution in [-0.4, -0.2) is 22.2 Å². The maximum Gasteiger partial charge on any atom is 0.335 e. The molecule has 2 aromatic rings. The highest BCUT2D eigenvalue weighted by molar-refractivity contribution is 5.87. The monoisotopic (exact) mass is 245 g/mol. The van der Waals surface area contributed by atoms with Gasteiger partial charge >= 0.3 is 11.9 Å². The van der Waals surface area contributed by atoms with Crippen molar-refractivity contribution in [3.8, 4) is 0 Å². The molecule has 0 heterocycles. The van der Waals surface area contributed by atoms with Crippen molar-refractivity contribution < 1.29 is 21.2 Å². The van der Waals surface area contributed by atoms with Crippen LogP contribution in [0.2, 0.25) is 0 Å². The van der Waals surface area contributed by atoms with Crippen LogP contribution >= 0.6 is 0 Å². The zero-order valence-corrected chi connectivity index (χ0v) is 9.41. The first kappa shape index (κ1) is 11.9. The highest BCUT2D eigenvalue weighted by atomic mass is 16.4. The Kier molecular flexibility index (Phi) is 4.51. The molecule has 0 amide bonds. The number of benzene rings is 2. The summed E-state index contributed by atoms with van der Waals surface area (Å²) in [6.45, 7) is 0. The molecule has 18 heavy (non-hydrogen) atoms. The van der Waals surface area contributed by atoms with Gasteiger partial charge in [0.1, 0.15) is 0 Å². The van der Waals surface area contributed by atoms with E-state index in [1.54, 1.807) is 42.5 Å². The highest BCUT2D eigenvalue weighted by Gasteiger charge is 1.97. The van der Waals surface area contributed by atoms with Crippen molar-refractivity contribution in [3.05, 3.63) is 71.8 Å². The lowest BCUT2D eigenvalue weighted by molar-refractivity contribution is 0.0686. The molecule has 0 spiro atoms. The summed E-state index contributed by atoms with van der Waals surface area (Å²) in [7, 11) is 0. The number of rotatable bonds is 2. The summed E-state index contributed by atoms with van der Waals surface area (Å²) >= 11 is 0. The molecule has 92 valence electrons. The molecule has 0 radical (unpaired) electrons. The molecule has 2 rings (SSSR count). The van der Waals surface area contributed by atoms with E-state index in [1.165, 1.54) is 12.1 Å². The largest absolute Gasteiger partial charge is 0.478 e. The van der Waals surface area contributed by atoms with E-state index in [9.17, 15) is 9.59 Å². The van der Waals surface area contributed by atoms with Gasteiger partial charge in [0, 0.05) is 0 Å². The van der Waals surface area contributed by atoms with Crippen LogP contribution < -0.4 is 0 Å². The van der Waals surface area contributed by atoms with Gasteiger partial charge in [-0.2, -0.15) is 0 Å². The van der Waals surface area contributed by atoms with E-state index < -0.39 is 11.9 Å². The molecule has 0 atom stereocenters. The quantitative estimate of drug-likeness (QED) is 0.853. The van der Waals surface area contributed by atoms with Crippen molar-refractivity contribution in [3.63, 3.8) is 0 Å². The number of hydrogen-bond donors (Lipinski definition) is 2. The molecule has 0 aliphatic rings. The molecule has 0 aromatic heterocycles. The number of aromatic carboxylic acids is 2. The zero-order valence-electron chi connectivity index (χ0n) is 10.4. The molecule has 0 bridgehead atoms. The lowest BCUT2D eigenvalue weighted by Crippen LogP contribution is -1.93. The van der Waals surface area contributed by atoms with Crippen molar-refractivity contribution >= 4 is 11.9 Å². The van der Waals surface area contributed by atoms with Crippen LogP contribution in [0.4, 0.5) is 0 Å². The molecule has 0 saturated carbocycles. The number of carboxylic acids is 2. The van der Waals surface area contributed by atoms with Crippen LogP contribution in [0.25, 0.3) is 0 Å². The molecule has 0 saturated heterocycles. The van der Waals surface area contributed by atoms with E-state index in [2.05, 4.69) is 0 Å². The van der Waals surface area contributed by atoms with Gasteiger partial charge in [-0.05, 0) is 24.2 Å². The fraction of sp³-hybridized carbons (Fsp3) is 0. The second-order valence-electron chi connectivity index (χ2n) is 3.25. The fourth-order valence-electron chi connectivity index (χ4n) is 1.11. The predicted molar refractivity (Wildman–Crippen MR) is 66.8 cm³/mol. The number of carboxylic acid groups (broad SMARTS) is 2. The Morgan fingerprint density at radius 3 is 1.56 bits per heavy atom. The van der Waals surface area contributed by atoms with Crippen molar-refractivity contribution in [2.45, 2.75) is 0 Å². The zero-order chi connectivity index (χ0) is 14.3. The summed E-state index contributed by atoms with van der Waals surface area (Å²) in [6.07, 6.45) is 0. The normalized spacial score (nSPS) is 9.67. The Hall–Kier alpha value is -2.62. The summed E-state index contributed by atoms with van der Waals surface area (Å²) in [5, 5.41) is 16.8. The Labute approximate surface area is 106 Å². The van der Waals surface area contributed by atoms with Gasteiger partial charge in [0.05, 0.1) is 12.5 Å². The van der Waals surface area contributed by atoms with E-state index in [4.69, 9.17) is 11.6 Å². The Morgan fingerprint density at radius 1 is 0.778 bits per heavy atom. The summed E-state index contributed by atoms with van der Waals surface area (Å²) in [4.78, 5) is 20.5. The summed E-state index contributed by atoms with van der Waals surface area (Å²) in [5.41, 5.74) is 0.375. The smallest absolute Gasteiger partial charge is 0.335 e. The molecule has 2 N–H and O–H groups in total. The maximum absolute atomic E-state index is 10.3. The third-order valence-corrected chi connectivity index (χ3v) is 1.96. The Bertz CT molecular complexity index is 567. The van der Waals surface area contributed by atoms with Gasteiger partial charge in [-0.25, -0.2) is 9.59 Å². The van der Waals surface area contributed by atoms with Crippen LogP contribution in [0.15, 0.2) is 60.6 Å². The van der Waals surface area contributed by atoms with Gasteiger partial charge in [0.25, 0.3) is 0 Å². The summed E-state index contributed by atoms with van der Waals surface area (Å²) < 4.78 is 7.12. The van der Waals surface area contributed by atoms with Gasteiger partial charge in [-0.3, -0.25) is 0 Å². The van der Waals surface area contributed by atoms with Gasteiger partial charge in [-0.1, -0.05) is 36.4 Å². The average molecular weight is 245 g/mol. The molecule has 0 fully saturated rings. The summed E-state index contributed by atoms with van der Waals surface area (Å²) in [5.74, 6) is -1.93. The highest BCUT2D eigenvalue weighted by Crippen LogP contribution is 1.96. The van der Waals surface area contributed by atoms with Crippen LogP contribution in [0.3, 0.4) is 0 Å². The first-order valence-electron chi connectivity index (χ1n) is 5.59. The van der Waals surface area contributed by atoms with Gasteiger partial charge in [0.15, 0.2) is 0 Å². The first-order valence-corrected chi connectivity index (χ1v) is 5.09. The second-order valence-corrected chi connectivity index (χ2v) is 3.25. The number of hydrogen-bond acceptors (Lipinski definition) is 2. The van der Waals surface area contributed by atoms with Crippen LogP contribution in [-0.2, 0) is 0 Å². The standard InChI is InChI=1S/2C7H6O2/c2*8-7(9)6-4-2-1-3-5-6/h2*1-5H,(H,8,9)/i4D;. The lowest BCUT2D eigenvalue weighted by Gasteiger charge is -1.88. The maximum atomic E-state index is 10.3. The van der Waals surface area contributed by atoms with E-state index >= 15 is 0 Å². The van der Waals surface area contributed by atoms with E-state index in [1.807, 2.05) is 0 Å². The van der Waals surface area contributed by atoms with Gasteiger partial charge in [0.2, 0.25) is 0 Å². The third kappa shape index (κ3) is 4.49. The molecular weight excluding hydrogens is 232 g/mol. The minimum atomic E-state index is -1.05. The molecular formula is C14H12O4. The molecule has 0 aliphatic heterocycles. The molecule has 2 aromatic carbocycles. The van der Waals surface area contributed by atoms with E-state index in [0.717, 1.165) is 0 Å².